The summed E-state index contributed by atoms with van der Waals surface area (Å²) in [5.74, 6) is -1.53. The van der Waals surface area contributed by atoms with Crippen molar-refractivity contribution in [3.63, 3.8) is 0 Å². The summed E-state index contributed by atoms with van der Waals surface area (Å²) >= 11 is 0. The van der Waals surface area contributed by atoms with Gasteiger partial charge < -0.3 is 24.6 Å². The van der Waals surface area contributed by atoms with E-state index in [1.807, 2.05) is 0 Å². The van der Waals surface area contributed by atoms with Gasteiger partial charge in [-0.05, 0) is 24.6 Å². The van der Waals surface area contributed by atoms with Gasteiger partial charge in [-0.15, -0.1) is 0 Å². The Labute approximate surface area is 132 Å². The van der Waals surface area contributed by atoms with Gasteiger partial charge in [-0.25, -0.2) is 14.4 Å². The predicted octanol–water partition coefficient (Wildman–Crippen LogP) is 1.41. The van der Waals surface area contributed by atoms with Crippen molar-refractivity contribution in [2.24, 2.45) is 0 Å². The summed E-state index contributed by atoms with van der Waals surface area (Å²) in [7, 11) is 2.29. The van der Waals surface area contributed by atoms with Gasteiger partial charge >= 0.3 is 18.1 Å². The summed E-state index contributed by atoms with van der Waals surface area (Å²) in [5.41, 5.74) is 0.728. The molecule has 0 heterocycles. The number of hydrogen-bond donors (Lipinski definition) is 2. The Bertz CT molecular complexity index is 607. The van der Waals surface area contributed by atoms with Crippen LogP contribution in [0.15, 0.2) is 36.0 Å². The normalized spacial score (nSPS) is 12.0. The first-order chi connectivity index (χ1) is 10.9. The van der Waals surface area contributed by atoms with Gasteiger partial charge in [0.15, 0.2) is 6.04 Å². The number of hydrogen-bond acceptors (Lipinski definition) is 8. The van der Waals surface area contributed by atoms with Gasteiger partial charge in [0.2, 0.25) is 0 Å². The van der Waals surface area contributed by atoms with Crippen molar-refractivity contribution in [1.82, 2.24) is 5.32 Å². The van der Waals surface area contributed by atoms with Gasteiger partial charge in [0.1, 0.15) is 5.75 Å². The number of carbonyl (C=O) groups is 3. The Morgan fingerprint density at radius 2 is 1.74 bits per heavy atom. The lowest BCUT2D eigenvalue weighted by Crippen LogP contribution is -2.31. The molecule has 0 fully saturated rings. The first-order valence-electron chi connectivity index (χ1n) is 6.48. The van der Waals surface area contributed by atoms with E-state index in [2.05, 4.69) is 19.5 Å². The highest BCUT2D eigenvalue weighted by Crippen LogP contribution is 2.19. The fourth-order valence-corrected chi connectivity index (χ4v) is 1.63. The summed E-state index contributed by atoms with van der Waals surface area (Å²) in [4.78, 5) is 34.4. The molecule has 1 aromatic carbocycles. The van der Waals surface area contributed by atoms with Crippen molar-refractivity contribution >= 4 is 18.1 Å². The minimum absolute atomic E-state index is 0.00987. The number of aromatic hydroxyl groups is 1. The van der Waals surface area contributed by atoms with Gasteiger partial charge in [0.05, 0.1) is 14.2 Å². The van der Waals surface area contributed by atoms with Crippen LogP contribution in [-0.2, 0) is 23.8 Å². The number of methoxy groups -OCH3 is 2. The lowest BCUT2D eigenvalue weighted by atomic mass is 10.1. The van der Waals surface area contributed by atoms with E-state index in [-0.39, 0.29) is 5.75 Å². The SMILES string of the molecule is COC(=O)/C=C(\C)NC(C(=O)OC(=O)OC)c1ccc(O)cc1. The number of phenols is 1. The van der Waals surface area contributed by atoms with E-state index in [4.69, 9.17) is 0 Å². The number of nitrogens with one attached hydrogen (secondary N) is 1. The maximum Gasteiger partial charge on any atom is 0.515 e. The van der Waals surface area contributed by atoms with Crippen LogP contribution in [0.4, 0.5) is 4.79 Å². The van der Waals surface area contributed by atoms with Gasteiger partial charge in [-0.3, -0.25) is 0 Å². The molecule has 0 bridgehead atoms. The van der Waals surface area contributed by atoms with Crippen molar-refractivity contribution in [3.8, 4) is 5.75 Å². The summed E-state index contributed by atoms with van der Waals surface area (Å²) in [6.07, 6.45) is -0.0195. The maximum absolute atomic E-state index is 12.1. The molecule has 0 aliphatic carbocycles. The molecule has 0 amide bonds. The van der Waals surface area contributed by atoms with Crippen LogP contribution in [0, 0.1) is 0 Å². The number of allylic oxidation sites excluding steroid dienone is 1. The van der Waals surface area contributed by atoms with Gasteiger partial charge in [0.25, 0.3) is 0 Å². The Kier molecular flexibility index (Phi) is 6.60. The van der Waals surface area contributed by atoms with Crippen LogP contribution in [0.25, 0.3) is 0 Å². The molecule has 124 valence electrons. The van der Waals surface area contributed by atoms with Crippen molar-refractivity contribution < 1.29 is 33.7 Å². The predicted molar refractivity (Wildman–Crippen MR) is 78.3 cm³/mol. The number of esters is 2. The molecular weight excluding hydrogens is 306 g/mol. The average molecular weight is 323 g/mol. The third kappa shape index (κ3) is 5.70. The van der Waals surface area contributed by atoms with E-state index in [0.717, 1.165) is 13.2 Å². The van der Waals surface area contributed by atoms with E-state index in [1.54, 1.807) is 0 Å². The van der Waals surface area contributed by atoms with Crippen LogP contribution >= 0.6 is 0 Å². The van der Waals surface area contributed by atoms with Crippen molar-refractivity contribution in [3.05, 3.63) is 41.6 Å². The minimum Gasteiger partial charge on any atom is -0.508 e. The number of rotatable bonds is 5. The molecule has 2 N–H and O–H groups in total. The molecule has 0 saturated carbocycles. The van der Waals surface area contributed by atoms with Crippen LogP contribution in [0.3, 0.4) is 0 Å². The molecule has 23 heavy (non-hydrogen) atoms. The molecule has 1 atom stereocenters. The second kappa shape index (κ2) is 8.42. The number of phenolic OH excluding ortho intramolecular Hbond substituents is 1. The van der Waals surface area contributed by atoms with Gasteiger partial charge in [-0.2, -0.15) is 0 Å². The molecule has 1 aromatic rings. The van der Waals surface area contributed by atoms with E-state index >= 15 is 0 Å². The first-order valence-corrected chi connectivity index (χ1v) is 6.48. The zero-order valence-corrected chi connectivity index (χ0v) is 12.9. The fraction of sp³-hybridized carbons (Fsp3) is 0.267. The molecule has 0 aliphatic rings. The molecule has 0 saturated heterocycles. The maximum atomic E-state index is 12.1. The molecular formula is C15H17NO7. The van der Waals surface area contributed by atoms with Crippen LogP contribution in [0.5, 0.6) is 5.75 Å². The van der Waals surface area contributed by atoms with Crippen LogP contribution < -0.4 is 5.32 Å². The van der Waals surface area contributed by atoms with Gasteiger partial charge in [-0.1, -0.05) is 12.1 Å². The molecule has 8 heteroatoms. The number of ether oxygens (including phenoxy) is 3. The second-order valence-corrected chi connectivity index (χ2v) is 4.39. The largest absolute Gasteiger partial charge is 0.515 e. The van der Waals surface area contributed by atoms with Crippen molar-refractivity contribution in [1.29, 1.82) is 0 Å². The molecule has 8 nitrogen and oxygen atoms in total. The number of carbonyl (C=O) groups excluding carboxylic acids is 3. The highest BCUT2D eigenvalue weighted by atomic mass is 16.7. The number of benzene rings is 1. The first kappa shape index (κ1) is 18.0. The molecule has 0 aliphatic heterocycles. The molecule has 0 aromatic heterocycles. The Balaban J connectivity index is 3.03. The molecule has 1 unspecified atom stereocenters. The smallest absolute Gasteiger partial charge is 0.508 e. The lowest BCUT2D eigenvalue weighted by molar-refractivity contribution is -0.142. The Hall–Kier alpha value is -3.03. The Morgan fingerprint density at radius 3 is 2.26 bits per heavy atom. The topological polar surface area (TPSA) is 111 Å². The van der Waals surface area contributed by atoms with E-state index in [1.165, 1.54) is 38.3 Å². The summed E-state index contributed by atoms with van der Waals surface area (Å²) in [5, 5.41) is 12.1. The van der Waals surface area contributed by atoms with Crippen LogP contribution in [-0.4, -0.2) is 37.4 Å². The zero-order chi connectivity index (χ0) is 17.4. The molecule has 1 rings (SSSR count). The van der Waals surface area contributed by atoms with E-state index in [0.29, 0.717) is 11.3 Å². The van der Waals surface area contributed by atoms with Crippen LogP contribution in [0.1, 0.15) is 18.5 Å². The average Bonchev–Trinajstić information content (AvgIpc) is 2.53. The van der Waals surface area contributed by atoms with Gasteiger partial charge in [0, 0.05) is 11.8 Å². The third-order valence-corrected chi connectivity index (χ3v) is 2.72. The molecule has 0 radical (unpaired) electrons. The standard InChI is InChI=1S/C15H17NO7/c1-9(8-12(18)21-2)16-13(14(19)23-15(20)22-3)10-4-6-11(17)7-5-10/h4-8,13,16-17H,1-3H3/b9-8+. The Morgan fingerprint density at radius 1 is 1.13 bits per heavy atom. The minimum atomic E-state index is -1.16. The summed E-state index contributed by atoms with van der Waals surface area (Å²) < 4.78 is 13.3. The second-order valence-electron chi connectivity index (χ2n) is 4.39. The monoisotopic (exact) mass is 323 g/mol. The van der Waals surface area contributed by atoms with Crippen LogP contribution in [0.2, 0.25) is 0 Å². The van der Waals surface area contributed by atoms with Crippen molar-refractivity contribution in [2.45, 2.75) is 13.0 Å². The quantitative estimate of drug-likeness (QED) is 0.475. The fourth-order valence-electron chi connectivity index (χ4n) is 1.63. The summed E-state index contributed by atoms with van der Waals surface area (Å²) in [6, 6.07) is 4.59. The highest BCUT2D eigenvalue weighted by molar-refractivity contribution is 5.87. The zero-order valence-electron chi connectivity index (χ0n) is 12.9. The van der Waals surface area contributed by atoms with E-state index in [9.17, 15) is 19.5 Å². The van der Waals surface area contributed by atoms with Crippen molar-refractivity contribution in [2.75, 3.05) is 14.2 Å². The lowest BCUT2D eigenvalue weighted by Gasteiger charge is -2.18. The summed E-state index contributed by atoms with van der Waals surface area (Å²) in [6.45, 7) is 1.54. The van der Waals surface area contributed by atoms with E-state index < -0.39 is 24.1 Å². The highest BCUT2D eigenvalue weighted by Gasteiger charge is 2.25. The third-order valence-electron chi connectivity index (χ3n) is 2.72. The molecule has 0 spiro atoms.